The second-order valence-electron chi connectivity index (χ2n) is 8.56. The van der Waals surface area contributed by atoms with Crippen molar-refractivity contribution < 1.29 is 23.8 Å². The quantitative estimate of drug-likeness (QED) is 0.312. The second-order valence-corrected chi connectivity index (χ2v) is 8.56. The number of urea groups is 1. The summed E-state index contributed by atoms with van der Waals surface area (Å²) < 4.78 is 19.2. The molecule has 4 N–H and O–H groups in total. The molecular weight excluding hydrogens is 453 g/mol. The Kier molecular flexibility index (Phi) is 9.39. The lowest BCUT2D eigenvalue weighted by molar-refractivity contribution is 0.0689. The number of amides is 2. The Balaban J connectivity index is 1.70. The highest BCUT2D eigenvalue weighted by atomic mass is 19.1. The van der Waals surface area contributed by atoms with E-state index in [0.29, 0.717) is 43.3 Å². The van der Waals surface area contributed by atoms with Gasteiger partial charge in [-0.2, -0.15) is 0 Å². The van der Waals surface area contributed by atoms with Crippen molar-refractivity contribution in [2.45, 2.75) is 52.1 Å². The first-order valence-corrected chi connectivity index (χ1v) is 11.8. The van der Waals surface area contributed by atoms with Gasteiger partial charge in [-0.1, -0.05) is 13.0 Å². The van der Waals surface area contributed by atoms with Crippen molar-refractivity contribution in [2.75, 3.05) is 18.4 Å². The summed E-state index contributed by atoms with van der Waals surface area (Å²) in [5, 5.41) is 17.8. The van der Waals surface area contributed by atoms with Crippen molar-refractivity contribution >= 4 is 23.6 Å². The SMILES string of the molecule is CCCNC(=O)NC(=NCC1CCC(F)CC1)Nc1ccc(Oc2cccc(C(=O)O)n2)c(C)c1. The van der Waals surface area contributed by atoms with Gasteiger partial charge in [0.25, 0.3) is 0 Å². The summed E-state index contributed by atoms with van der Waals surface area (Å²) in [6.45, 7) is 4.85. The van der Waals surface area contributed by atoms with Gasteiger partial charge in [-0.3, -0.25) is 10.3 Å². The number of anilines is 1. The van der Waals surface area contributed by atoms with E-state index < -0.39 is 12.1 Å². The van der Waals surface area contributed by atoms with Crippen LogP contribution in [0.15, 0.2) is 41.4 Å². The number of halogens is 1. The zero-order chi connectivity index (χ0) is 25.2. The zero-order valence-corrected chi connectivity index (χ0v) is 20.0. The summed E-state index contributed by atoms with van der Waals surface area (Å²) in [4.78, 5) is 31.9. The molecule has 1 aromatic heterocycles. The maximum absolute atomic E-state index is 13.4. The van der Waals surface area contributed by atoms with E-state index in [1.165, 1.54) is 6.07 Å². The van der Waals surface area contributed by atoms with Gasteiger partial charge < -0.3 is 20.5 Å². The van der Waals surface area contributed by atoms with E-state index in [4.69, 9.17) is 9.84 Å². The number of rotatable bonds is 8. The maximum Gasteiger partial charge on any atom is 0.354 e. The molecular formula is C25H32FN5O4. The summed E-state index contributed by atoms with van der Waals surface area (Å²) in [6.07, 6.45) is 2.75. The number of aromatic nitrogens is 1. The van der Waals surface area contributed by atoms with Crippen LogP contribution in [0.5, 0.6) is 11.6 Å². The standard InChI is InChI=1S/C25H32FN5O4/c1-3-13-27-25(34)31-24(28-15-17-7-9-18(26)10-8-17)29-19-11-12-21(16(2)14-19)35-22-6-4-5-20(30-22)23(32)33/h4-6,11-12,14,17-18H,3,7-10,13,15H2,1-2H3,(H,32,33)(H3,27,28,29,31,34). The Bertz CT molecular complexity index is 1050. The van der Waals surface area contributed by atoms with E-state index in [1.807, 2.05) is 19.9 Å². The van der Waals surface area contributed by atoms with Crippen molar-refractivity contribution in [3.8, 4) is 11.6 Å². The van der Waals surface area contributed by atoms with Gasteiger partial charge >= 0.3 is 12.0 Å². The molecule has 0 saturated heterocycles. The molecule has 1 heterocycles. The topological polar surface area (TPSA) is 125 Å². The summed E-state index contributed by atoms with van der Waals surface area (Å²) in [6, 6.07) is 9.50. The molecule has 0 atom stereocenters. The summed E-state index contributed by atoms with van der Waals surface area (Å²) >= 11 is 0. The van der Waals surface area contributed by atoms with Gasteiger partial charge in [0.1, 0.15) is 11.9 Å². The molecule has 10 heteroatoms. The van der Waals surface area contributed by atoms with Crippen LogP contribution in [0, 0.1) is 12.8 Å². The molecule has 188 valence electrons. The summed E-state index contributed by atoms with van der Waals surface area (Å²) in [5.41, 5.74) is 1.35. The number of carbonyl (C=O) groups is 2. The van der Waals surface area contributed by atoms with Crippen LogP contribution in [0.4, 0.5) is 14.9 Å². The summed E-state index contributed by atoms with van der Waals surface area (Å²) in [7, 11) is 0. The van der Waals surface area contributed by atoms with Crippen molar-refractivity contribution in [3.63, 3.8) is 0 Å². The fourth-order valence-electron chi connectivity index (χ4n) is 3.71. The van der Waals surface area contributed by atoms with E-state index in [9.17, 15) is 14.0 Å². The molecule has 0 spiro atoms. The molecule has 2 aromatic rings. The minimum absolute atomic E-state index is 0.105. The molecule has 2 amide bonds. The van der Waals surface area contributed by atoms with Crippen LogP contribution in [0.3, 0.4) is 0 Å². The number of alkyl halides is 1. The molecule has 9 nitrogen and oxygen atoms in total. The van der Waals surface area contributed by atoms with Crippen LogP contribution in [0.1, 0.15) is 55.1 Å². The maximum atomic E-state index is 13.4. The number of pyridine rings is 1. The minimum Gasteiger partial charge on any atom is -0.477 e. The number of hydrogen-bond acceptors (Lipinski definition) is 5. The first-order valence-electron chi connectivity index (χ1n) is 11.8. The third-order valence-corrected chi connectivity index (χ3v) is 5.65. The molecule has 1 fully saturated rings. The number of ether oxygens (including phenoxy) is 1. The lowest BCUT2D eigenvalue weighted by atomic mass is 9.88. The number of aromatic carboxylic acids is 1. The van der Waals surface area contributed by atoms with Crippen molar-refractivity contribution in [1.29, 1.82) is 0 Å². The van der Waals surface area contributed by atoms with Crippen molar-refractivity contribution in [2.24, 2.45) is 10.9 Å². The zero-order valence-electron chi connectivity index (χ0n) is 20.0. The predicted octanol–water partition coefficient (Wildman–Crippen LogP) is 4.89. The molecule has 1 aliphatic rings. The predicted molar refractivity (Wildman–Crippen MR) is 132 cm³/mol. The van der Waals surface area contributed by atoms with Crippen LogP contribution in [-0.2, 0) is 0 Å². The Morgan fingerprint density at radius 2 is 1.97 bits per heavy atom. The average Bonchev–Trinajstić information content (AvgIpc) is 2.84. The molecule has 3 rings (SSSR count). The first kappa shape index (κ1) is 25.9. The third-order valence-electron chi connectivity index (χ3n) is 5.65. The van der Waals surface area contributed by atoms with Crippen LogP contribution < -0.4 is 20.7 Å². The monoisotopic (exact) mass is 485 g/mol. The normalized spacial score (nSPS) is 18.0. The summed E-state index contributed by atoms with van der Waals surface area (Å²) in [5.74, 6) is 0.149. The number of carbonyl (C=O) groups excluding carboxylic acids is 1. The smallest absolute Gasteiger partial charge is 0.354 e. The highest BCUT2D eigenvalue weighted by molar-refractivity contribution is 6.03. The molecule has 1 saturated carbocycles. The Morgan fingerprint density at radius 1 is 1.20 bits per heavy atom. The van der Waals surface area contributed by atoms with E-state index in [1.54, 1.807) is 24.3 Å². The van der Waals surface area contributed by atoms with Crippen LogP contribution >= 0.6 is 0 Å². The van der Waals surface area contributed by atoms with Gasteiger partial charge in [-0.25, -0.2) is 19.0 Å². The van der Waals surface area contributed by atoms with E-state index in [0.717, 1.165) is 24.8 Å². The largest absolute Gasteiger partial charge is 0.477 e. The molecule has 0 bridgehead atoms. The van der Waals surface area contributed by atoms with Gasteiger partial charge in [-0.05, 0) is 74.8 Å². The number of guanidine groups is 1. The Hall–Kier alpha value is -3.69. The molecule has 0 unspecified atom stereocenters. The molecule has 1 aliphatic carbocycles. The van der Waals surface area contributed by atoms with E-state index >= 15 is 0 Å². The number of benzene rings is 1. The number of nitrogens with zero attached hydrogens (tertiary/aromatic N) is 2. The van der Waals surface area contributed by atoms with Gasteiger partial charge in [0.2, 0.25) is 11.8 Å². The number of hydrogen-bond donors (Lipinski definition) is 4. The Labute approximate surface area is 204 Å². The third kappa shape index (κ3) is 8.24. The molecule has 35 heavy (non-hydrogen) atoms. The van der Waals surface area contributed by atoms with Crippen LogP contribution in [0.2, 0.25) is 0 Å². The van der Waals surface area contributed by atoms with E-state index in [2.05, 4.69) is 25.9 Å². The van der Waals surface area contributed by atoms with Gasteiger partial charge in [0.15, 0.2) is 5.69 Å². The highest BCUT2D eigenvalue weighted by Crippen LogP contribution is 2.28. The fourth-order valence-corrected chi connectivity index (χ4v) is 3.71. The minimum atomic E-state index is -1.13. The molecule has 1 aromatic carbocycles. The van der Waals surface area contributed by atoms with E-state index in [-0.39, 0.29) is 23.5 Å². The number of aryl methyl sites for hydroxylation is 1. The number of carboxylic acid groups (broad SMARTS) is 1. The number of carboxylic acids is 1. The average molecular weight is 486 g/mol. The Morgan fingerprint density at radius 3 is 2.66 bits per heavy atom. The van der Waals surface area contributed by atoms with Crippen molar-refractivity contribution in [3.05, 3.63) is 47.7 Å². The highest BCUT2D eigenvalue weighted by Gasteiger charge is 2.20. The van der Waals surface area contributed by atoms with Gasteiger partial charge in [0.05, 0.1) is 0 Å². The lowest BCUT2D eigenvalue weighted by Crippen LogP contribution is -2.43. The number of nitrogens with one attached hydrogen (secondary N) is 3. The molecule has 0 aliphatic heterocycles. The lowest BCUT2D eigenvalue weighted by Gasteiger charge is -2.23. The van der Waals surface area contributed by atoms with Crippen LogP contribution in [0.25, 0.3) is 0 Å². The number of aliphatic imine (C=N–C) groups is 1. The fraction of sp³-hybridized carbons (Fsp3) is 0.440. The second kappa shape index (κ2) is 12.7. The van der Waals surface area contributed by atoms with Gasteiger partial charge in [-0.15, -0.1) is 0 Å². The van der Waals surface area contributed by atoms with Crippen molar-refractivity contribution in [1.82, 2.24) is 15.6 Å². The van der Waals surface area contributed by atoms with Gasteiger partial charge in [0, 0.05) is 24.8 Å². The molecule has 0 radical (unpaired) electrons. The first-order chi connectivity index (χ1) is 16.8. The van der Waals surface area contributed by atoms with Crippen LogP contribution in [-0.4, -0.2) is 47.3 Å².